The lowest BCUT2D eigenvalue weighted by Crippen LogP contribution is -2.51. The van der Waals surface area contributed by atoms with Crippen molar-refractivity contribution in [2.24, 2.45) is 11.8 Å². The SMILES string of the molecule is CCCC(C(CC(C)C)C(=O)N[C@@H](Cc1ccccc1)C(=O)OC1CCCC1)N(O)C=O. The second-order valence-corrected chi connectivity index (χ2v) is 9.17. The Morgan fingerprint density at radius 3 is 2.44 bits per heavy atom. The maximum absolute atomic E-state index is 13.4. The maximum atomic E-state index is 13.4. The predicted molar refractivity (Wildman–Crippen MR) is 122 cm³/mol. The van der Waals surface area contributed by atoms with Crippen LogP contribution in [-0.4, -0.2) is 46.7 Å². The van der Waals surface area contributed by atoms with E-state index in [1.54, 1.807) is 0 Å². The minimum absolute atomic E-state index is 0.0972. The minimum atomic E-state index is -0.828. The van der Waals surface area contributed by atoms with Gasteiger partial charge in [0.05, 0.1) is 12.0 Å². The number of carbonyl (C=O) groups excluding carboxylic acids is 3. The fourth-order valence-electron chi connectivity index (χ4n) is 4.41. The average molecular weight is 447 g/mol. The van der Waals surface area contributed by atoms with Crippen molar-refractivity contribution < 1.29 is 24.3 Å². The summed E-state index contributed by atoms with van der Waals surface area (Å²) in [6.07, 6.45) is 6.03. The van der Waals surface area contributed by atoms with Crippen LogP contribution in [0.3, 0.4) is 0 Å². The lowest BCUT2D eigenvalue weighted by molar-refractivity contribution is -0.170. The van der Waals surface area contributed by atoms with Gasteiger partial charge in [-0.05, 0) is 50.0 Å². The van der Waals surface area contributed by atoms with Crippen molar-refractivity contribution in [2.75, 3.05) is 0 Å². The monoisotopic (exact) mass is 446 g/mol. The number of hydroxylamine groups is 2. The molecule has 1 aliphatic rings. The van der Waals surface area contributed by atoms with E-state index in [0.717, 1.165) is 31.2 Å². The molecule has 0 saturated heterocycles. The molecule has 32 heavy (non-hydrogen) atoms. The van der Waals surface area contributed by atoms with Crippen molar-refractivity contribution in [1.29, 1.82) is 0 Å². The Kier molecular flexibility index (Phi) is 10.7. The summed E-state index contributed by atoms with van der Waals surface area (Å²) in [6, 6.07) is 8.03. The van der Waals surface area contributed by atoms with Crippen LogP contribution in [0.5, 0.6) is 0 Å². The highest BCUT2D eigenvalue weighted by Crippen LogP contribution is 2.24. The maximum Gasteiger partial charge on any atom is 0.329 e. The van der Waals surface area contributed by atoms with Gasteiger partial charge in [0.15, 0.2) is 0 Å². The highest BCUT2D eigenvalue weighted by Gasteiger charge is 2.35. The molecule has 3 atom stereocenters. The number of ether oxygens (including phenoxy) is 1. The number of esters is 1. The van der Waals surface area contributed by atoms with Crippen molar-refractivity contribution in [3.05, 3.63) is 35.9 Å². The largest absolute Gasteiger partial charge is 0.461 e. The second kappa shape index (κ2) is 13.2. The molecule has 1 aromatic rings. The summed E-state index contributed by atoms with van der Waals surface area (Å²) in [6.45, 7) is 5.91. The highest BCUT2D eigenvalue weighted by molar-refractivity contribution is 5.86. The number of carbonyl (C=O) groups is 3. The standard InChI is InChI=1S/C25H38N2O5/c1-4-10-23(27(31)17-28)21(15-18(2)3)24(29)26-22(16-19-11-6-5-7-12-19)25(30)32-20-13-8-9-14-20/h5-7,11-12,17-18,20-23,31H,4,8-10,13-16H2,1-3H3,(H,26,29)/t21?,22-,23?/m0/s1. The van der Waals surface area contributed by atoms with Crippen LogP contribution < -0.4 is 5.32 Å². The number of amides is 2. The predicted octanol–water partition coefficient (Wildman–Crippen LogP) is 3.88. The third-order valence-corrected chi connectivity index (χ3v) is 6.03. The normalized spacial score (nSPS) is 16.9. The zero-order valence-corrected chi connectivity index (χ0v) is 19.5. The molecule has 1 fully saturated rings. The van der Waals surface area contributed by atoms with E-state index in [2.05, 4.69) is 5.32 Å². The zero-order chi connectivity index (χ0) is 23.5. The molecule has 0 radical (unpaired) electrons. The van der Waals surface area contributed by atoms with E-state index in [1.165, 1.54) is 0 Å². The van der Waals surface area contributed by atoms with E-state index >= 15 is 0 Å². The van der Waals surface area contributed by atoms with Crippen LogP contribution >= 0.6 is 0 Å². The summed E-state index contributed by atoms with van der Waals surface area (Å²) >= 11 is 0. The van der Waals surface area contributed by atoms with E-state index in [-0.39, 0.29) is 17.9 Å². The Bertz CT molecular complexity index is 718. The molecule has 0 heterocycles. The first-order chi connectivity index (χ1) is 15.3. The fraction of sp³-hybridized carbons (Fsp3) is 0.640. The van der Waals surface area contributed by atoms with Crippen molar-refractivity contribution in [3.8, 4) is 0 Å². The van der Waals surface area contributed by atoms with Gasteiger partial charge in [-0.25, -0.2) is 9.86 Å². The summed E-state index contributed by atoms with van der Waals surface area (Å²) < 4.78 is 5.71. The van der Waals surface area contributed by atoms with Crippen LogP contribution in [0.15, 0.2) is 30.3 Å². The summed E-state index contributed by atoms with van der Waals surface area (Å²) in [5.74, 6) is -1.24. The van der Waals surface area contributed by atoms with Crippen LogP contribution in [0.4, 0.5) is 0 Å². The number of rotatable bonds is 13. The first-order valence-corrected chi connectivity index (χ1v) is 11.8. The van der Waals surface area contributed by atoms with Crippen molar-refractivity contribution >= 4 is 18.3 Å². The summed E-state index contributed by atoms with van der Waals surface area (Å²) in [4.78, 5) is 37.7. The minimum Gasteiger partial charge on any atom is -0.461 e. The summed E-state index contributed by atoms with van der Waals surface area (Å²) in [7, 11) is 0. The van der Waals surface area contributed by atoms with Gasteiger partial charge in [-0.1, -0.05) is 57.5 Å². The third kappa shape index (κ3) is 7.93. The van der Waals surface area contributed by atoms with E-state index in [4.69, 9.17) is 4.74 Å². The molecule has 0 aromatic heterocycles. The van der Waals surface area contributed by atoms with Gasteiger partial charge >= 0.3 is 5.97 Å². The Morgan fingerprint density at radius 2 is 1.88 bits per heavy atom. The highest BCUT2D eigenvalue weighted by atomic mass is 16.5. The number of benzene rings is 1. The summed E-state index contributed by atoms with van der Waals surface area (Å²) in [5.41, 5.74) is 0.920. The summed E-state index contributed by atoms with van der Waals surface area (Å²) in [5, 5.41) is 13.6. The molecule has 0 bridgehead atoms. The van der Waals surface area contributed by atoms with E-state index in [1.807, 2.05) is 51.1 Å². The molecule has 0 aliphatic heterocycles. The Hall–Kier alpha value is -2.41. The van der Waals surface area contributed by atoms with Crippen molar-refractivity contribution in [2.45, 2.75) is 90.3 Å². The van der Waals surface area contributed by atoms with Crippen molar-refractivity contribution in [3.63, 3.8) is 0 Å². The van der Waals surface area contributed by atoms with E-state index < -0.39 is 24.0 Å². The van der Waals surface area contributed by atoms with Gasteiger partial charge in [0.25, 0.3) is 0 Å². The topological polar surface area (TPSA) is 95.9 Å². The molecule has 2 unspecified atom stereocenters. The van der Waals surface area contributed by atoms with Crippen LogP contribution in [0.25, 0.3) is 0 Å². The Labute approximate surface area is 191 Å². The van der Waals surface area contributed by atoms with Gasteiger partial charge in [-0.2, -0.15) is 0 Å². The third-order valence-electron chi connectivity index (χ3n) is 6.03. The molecule has 1 aromatic carbocycles. The van der Waals surface area contributed by atoms with Crippen LogP contribution in [0.2, 0.25) is 0 Å². The lowest BCUT2D eigenvalue weighted by atomic mass is 9.86. The van der Waals surface area contributed by atoms with Gasteiger partial charge in [0.2, 0.25) is 12.3 Å². The molecular formula is C25H38N2O5. The molecule has 2 rings (SSSR count). The molecule has 178 valence electrons. The average Bonchev–Trinajstić information content (AvgIpc) is 3.28. The molecule has 7 nitrogen and oxygen atoms in total. The smallest absolute Gasteiger partial charge is 0.329 e. The molecule has 2 amide bonds. The molecular weight excluding hydrogens is 408 g/mol. The quantitative estimate of drug-likeness (QED) is 0.207. The number of nitrogens with one attached hydrogen (secondary N) is 1. The van der Waals surface area contributed by atoms with Crippen LogP contribution in [0.1, 0.15) is 71.3 Å². The molecule has 7 heteroatoms. The molecule has 0 spiro atoms. The first kappa shape index (κ1) is 25.8. The van der Waals surface area contributed by atoms with Gasteiger partial charge in [0.1, 0.15) is 12.1 Å². The number of nitrogens with zero attached hydrogens (tertiary/aromatic N) is 1. The zero-order valence-electron chi connectivity index (χ0n) is 19.5. The first-order valence-electron chi connectivity index (χ1n) is 11.8. The second-order valence-electron chi connectivity index (χ2n) is 9.17. The van der Waals surface area contributed by atoms with Crippen LogP contribution in [-0.2, 0) is 25.5 Å². The van der Waals surface area contributed by atoms with Gasteiger partial charge in [0, 0.05) is 6.42 Å². The Morgan fingerprint density at radius 1 is 1.22 bits per heavy atom. The van der Waals surface area contributed by atoms with Gasteiger partial charge < -0.3 is 10.1 Å². The number of hydrogen-bond donors (Lipinski definition) is 2. The van der Waals surface area contributed by atoms with Gasteiger partial charge in [-0.15, -0.1) is 0 Å². The van der Waals surface area contributed by atoms with E-state index in [0.29, 0.717) is 37.2 Å². The fourth-order valence-corrected chi connectivity index (χ4v) is 4.41. The van der Waals surface area contributed by atoms with Gasteiger partial charge in [-0.3, -0.25) is 14.8 Å². The Balaban J connectivity index is 2.22. The number of hydrogen-bond acceptors (Lipinski definition) is 5. The molecule has 1 saturated carbocycles. The molecule has 2 N–H and O–H groups in total. The lowest BCUT2D eigenvalue weighted by Gasteiger charge is -2.32. The van der Waals surface area contributed by atoms with Crippen molar-refractivity contribution in [1.82, 2.24) is 10.4 Å². The van der Waals surface area contributed by atoms with E-state index in [9.17, 15) is 19.6 Å². The van der Waals surface area contributed by atoms with Crippen LogP contribution in [0, 0.1) is 11.8 Å². The molecule has 1 aliphatic carbocycles.